The van der Waals surface area contributed by atoms with Gasteiger partial charge in [-0.2, -0.15) is 38.2 Å². The Balaban J connectivity index is 1.50. The van der Waals surface area contributed by atoms with E-state index >= 15 is 0 Å². The Kier molecular flexibility index (Phi) is 20.5. The SMILES string of the molecule is CCCC([N+]1=C(/C=C/C=C/C=C/C=C2\N(CCCS(=O)(=O)O)c3cc(I)c(I)c(I)c3C2(C)CCCCCC(=O)ON2C(=O)CCC2=O)C(C)(CCCCS(=O)(=O)O)c2cc(S(=O)(=O)O)ccc21)S(=O)(=O)O. The molecule has 72 heavy (non-hydrogen) atoms. The number of benzene rings is 2. The zero-order chi connectivity index (χ0) is 53.6. The number of carbonyl (C=O) groups excluding carboxylic acids is 3. The molecule has 3 aliphatic rings. The summed E-state index contributed by atoms with van der Waals surface area (Å²) in [6.45, 7) is 5.78. The fraction of sp³-hybridized carbons (Fsp3) is 0.478. The van der Waals surface area contributed by atoms with Gasteiger partial charge in [0.1, 0.15) is 0 Å². The number of hydroxylamine groups is 2. The zero-order valence-electron chi connectivity index (χ0n) is 39.5. The van der Waals surface area contributed by atoms with Gasteiger partial charge in [0.25, 0.3) is 47.5 Å². The molecule has 19 nitrogen and oxygen atoms in total. The predicted octanol–water partition coefficient (Wildman–Crippen LogP) is 8.34. The molecule has 396 valence electrons. The molecule has 3 unspecified atom stereocenters. The smallest absolute Gasteiger partial charge is 0.333 e. The van der Waals surface area contributed by atoms with E-state index in [4.69, 9.17) is 4.84 Å². The normalized spacial score (nSPS) is 20.8. The molecule has 0 spiro atoms. The summed E-state index contributed by atoms with van der Waals surface area (Å²) in [5.41, 5.74) is 1.78. The second-order valence-electron chi connectivity index (χ2n) is 18.0. The third-order valence-corrected chi connectivity index (χ3v) is 21.5. The number of halogens is 3. The van der Waals surface area contributed by atoms with Gasteiger partial charge >= 0.3 is 16.1 Å². The van der Waals surface area contributed by atoms with Crippen LogP contribution < -0.4 is 4.90 Å². The van der Waals surface area contributed by atoms with E-state index in [1.165, 1.54) is 16.7 Å². The number of fused-ring (bicyclic) bond motifs is 2. The van der Waals surface area contributed by atoms with E-state index in [1.54, 1.807) is 50.3 Å². The van der Waals surface area contributed by atoms with Crippen LogP contribution in [-0.4, -0.2) is 108 Å². The molecular formula is C46H57I3N3O16S4+. The highest BCUT2D eigenvalue weighted by Gasteiger charge is 2.52. The van der Waals surface area contributed by atoms with Crippen LogP contribution in [0.2, 0.25) is 0 Å². The molecule has 3 aliphatic heterocycles. The molecule has 2 amide bonds. The predicted molar refractivity (Wildman–Crippen MR) is 295 cm³/mol. The van der Waals surface area contributed by atoms with Crippen LogP contribution in [-0.2, 0) is 70.5 Å². The van der Waals surface area contributed by atoms with Crippen LogP contribution in [0.4, 0.5) is 11.4 Å². The van der Waals surface area contributed by atoms with Crippen molar-refractivity contribution in [1.82, 2.24) is 5.06 Å². The molecular weight excluding hydrogens is 1360 g/mol. The number of anilines is 1. The lowest BCUT2D eigenvalue weighted by Gasteiger charge is -2.31. The van der Waals surface area contributed by atoms with Crippen molar-refractivity contribution in [2.75, 3.05) is 23.0 Å². The Morgan fingerprint density at radius 2 is 1.38 bits per heavy atom. The number of unbranched alkanes of at least 4 members (excludes halogenated alkanes) is 3. The summed E-state index contributed by atoms with van der Waals surface area (Å²) in [6.07, 6.45) is 15.0. The maximum atomic E-state index is 13.0. The van der Waals surface area contributed by atoms with Crippen molar-refractivity contribution >= 4 is 143 Å². The minimum absolute atomic E-state index is 0.0108. The third kappa shape index (κ3) is 14.8. The highest BCUT2D eigenvalue weighted by Crippen LogP contribution is 2.54. The van der Waals surface area contributed by atoms with E-state index < -0.39 is 90.9 Å². The Morgan fingerprint density at radius 3 is 1.99 bits per heavy atom. The second-order valence-corrected chi connectivity index (χ2v) is 27.5. The lowest BCUT2D eigenvalue weighted by atomic mass is 9.75. The van der Waals surface area contributed by atoms with Crippen molar-refractivity contribution in [2.24, 2.45) is 0 Å². The average Bonchev–Trinajstić information content (AvgIpc) is 3.80. The van der Waals surface area contributed by atoms with Gasteiger partial charge in [0.05, 0.1) is 21.8 Å². The van der Waals surface area contributed by atoms with Crippen molar-refractivity contribution in [3.05, 3.63) is 94.3 Å². The van der Waals surface area contributed by atoms with Crippen LogP contribution in [0.5, 0.6) is 0 Å². The number of carbonyl (C=O) groups is 3. The first kappa shape index (κ1) is 60.2. The Morgan fingerprint density at radius 1 is 0.778 bits per heavy atom. The Hall–Kier alpha value is -2.69. The van der Waals surface area contributed by atoms with Gasteiger partial charge in [-0.15, -0.1) is 5.06 Å². The summed E-state index contributed by atoms with van der Waals surface area (Å²) >= 11 is 6.87. The van der Waals surface area contributed by atoms with E-state index in [0.29, 0.717) is 48.4 Å². The molecule has 2 aromatic rings. The molecule has 0 saturated carbocycles. The zero-order valence-corrected chi connectivity index (χ0v) is 49.3. The topological polar surface area (TPSA) is 287 Å². The van der Waals surface area contributed by atoms with Gasteiger partial charge in [0.15, 0.2) is 5.71 Å². The van der Waals surface area contributed by atoms with E-state index in [2.05, 4.69) is 74.7 Å². The van der Waals surface area contributed by atoms with E-state index in [-0.39, 0.29) is 63.6 Å². The number of hydrogen-bond donors (Lipinski definition) is 4. The van der Waals surface area contributed by atoms with Gasteiger partial charge in [-0.3, -0.25) is 27.8 Å². The molecule has 2 aromatic carbocycles. The van der Waals surface area contributed by atoms with Crippen molar-refractivity contribution in [3.63, 3.8) is 0 Å². The number of allylic oxidation sites excluding steroid dienone is 8. The number of rotatable bonds is 25. The molecule has 0 radical (unpaired) electrons. The fourth-order valence-corrected chi connectivity index (χ4v) is 14.6. The van der Waals surface area contributed by atoms with Crippen LogP contribution >= 0.6 is 67.8 Å². The van der Waals surface area contributed by atoms with Crippen LogP contribution in [0.25, 0.3) is 0 Å². The minimum atomic E-state index is -4.78. The summed E-state index contributed by atoms with van der Waals surface area (Å²) in [5.74, 6) is -2.82. The standard InChI is InChI=1S/C46H56I3N3O16S4/c1-4-16-40(72(65,66)67)51-34-21-20-31(71(62,63)64)29-32(34)45(2,24-13-14-27-69(56,57)58)37(51)18-10-7-5-6-9-17-36-46(3,25-12-8-11-19-41(55)68-52-38(53)22-23-39(52)54)42-35(30-33(47)43(48)44(42)49)50(36)26-15-28-70(59,60)61/h5-7,9-10,17-18,20-21,29-30,40H,4,8,11-16,19,22-28H2,1-3H3,(H3-,56,57,58,59,60,61,62,63,64,65,66,67)/p+1. The van der Waals surface area contributed by atoms with Gasteiger partial charge in [0.2, 0.25) is 5.69 Å². The molecule has 0 aliphatic carbocycles. The summed E-state index contributed by atoms with van der Waals surface area (Å²) < 4.78 is 142. The first-order chi connectivity index (χ1) is 33.4. The monoisotopic (exact) mass is 1420 g/mol. The minimum Gasteiger partial charge on any atom is -0.344 e. The second kappa shape index (κ2) is 24.5. The van der Waals surface area contributed by atoms with Crippen LogP contribution in [0.3, 0.4) is 0 Å². The molecule has 3 atom stereocenters. The number of imide groups is 1. The van der Waals surface area contributed by atoms with Crippen LogP contribution in [0.1, 0.15) is 115 Å². The molecule has 4 N–H and O–H groups in total. The molecule has 0 aromatic heterocycles. The summed E-state index contributed by atoms with van der Waals surface area (Å²) in [4.78, 5) is 43.0. The lowest BCUT2D eigenvalue weighted by Crippen LogP contribution is -2.37. The largest absolute Gasteiger partial charge is 0.344 e. The van der Waals surface area contributed by atoms with Gasteiger partial charge in [-0.05, 0) is 144 Å². The van der Waals surface area contributed by atoms with Crippen molar-refractivity contribution in [1.29, 1.82) is 0 Å². The highest BCUT2D eigenvalue weighted by molar-refractivity contribution is 14.1. The van der Waals surface area contributed by atoms with Crippen molar-refractivity contribution in [2.45, 2.75) is 125 Å². The summed E-state index contributed by atoms with van der Waals surface area (Å²) in [5, 5.41) is -0.985. The Bertz CT molecular complexity index is 3070. The van der Waals surface area contributed by atoms with Gasteiger partial charge in [-0.1, -0.05) is 56.6 Å². The molecule has 1 fully saturated rings. The highest BCUT2D eigenvalue weighted by atomic mass is 127. The maximum absolute atomic E-state index is 13.0. The third-order valence-electron chi connectivity index (χ3n) is 12.8. The number of amides is 2. The van der Waals surface area contributed by atoms with Crippen LogP contribution in [0, 0.1) is 10.7 Å². The van der Waals surface area contributed by atoms with Crippen molar-refractivity contribution in [3.8, 4) is 0 Å². The Labute approximate surface area is 462 Å². The van der Waals surface area contributed by atoms with Gasteiger partial charge in [-0.25, -0.2) is 4.79 Å². The molecule has 26 heteroatoms. The molecule has 0 bridgehead atoms. The summed E-state index contributed by atoms with van der Waals surface area (Å²) in [6, 6.07) is 5.74. The van der Waals surface area contributed by atoms with Gasteiger partial charge in [0, 0.05) is 83.0 Å². The van der Waals surface area contributed by atoms with Crippen molar-refractivity contribution < 1.29 is 75.7 Å². The molecule has 3 heterocycles. The quantitative estimate of drug-likeness (QED) is 0.0138. The molecule has 5 rings (SSSR count). The lowest BCUT2D eigenvalue weighted by molar-refractivity contribution is -0.458. The first-order valence-electron chi connectivity index (χ1n) is 22.8. The van der Waals surface area contributed by atoms with E-state index in [9.17, 15) is 66.3 Å². The fourth-order valence-electron chi connectivity index (χ4n) is 9.38. The summed E-state index contributed by atoms with van der Waals surface area (Å²) in [7, 11) is -18.1. The van der Waals surface area contributed by atoms with Gasteiger partial charge < -0.3 is 9.74 Å². The first-order valence-corrected chi connectivity index (χ1v) is 32.2. The molecule has 1 saturated heterocycles. The van der Waals surface area contributed by atoms with Crippen LogP contribution in [0.15, 0.2) is 77.4 Å². The van der Waals surface area contributed by atoms with E-state index in [1.807, 2.05) is 17.0 Å². The average molecular weight is 1420 g/mol. The van der Waals surface area contributed by atoms with E-state index in [0.717, 1.165) is 33.7 Å². The maximum Gasteiger partial charge on any atom is 0.333 e. The number of nitrogens with zero attached hydrogens (tertiary/aromatic N) is 3. The number of hydrogen-bond acceptors (Lipinski definition) is 13.